The smallest absolute Gasteiger partial charge is 0.126 e. The van der Waals surface area contributed by atoms with E-state index in [1.54, 1.807) is 22.9 Å². The molecule has 0 saturated heterocycles. The van der Waals surface area contributed by atoms with Crippen molar-refractivity contribution in [2.24, 2.45) is 0 Å². The number of halogens is 2. The van der Waals surface area contributed by atoms with Gasteiger partial charge in [-0.1, -0.05) is 11.6 Å². The SMILES string of the molecule is Cc1ncsc1CNc1cc(F)cc(Cl)c1. The number of nitrogens with zero attached hydrogens (tertiary/aromatic N) is 1. The quantitative estimate of drug-likeness (QED) is 0.902. The van der Waals surface area contributed by atoms with Crippen molar-refractivity contribution in [3.63, 3.8) is 0 Å². The summed E-state index contributed by atoms with van der Waals surface area (Å²) in [7, 11) is 0. The van der Waals surface area contributed by atoms with E-state index in [0.717, 1.165) is 10.6 Å². The molecule has 0 radical (unpaired) electrons. The lowest BCUT2D eigenvalue weighted by molar-refractivity contribution is 0.628. The molecule has 2 rings (SSSR count). The van der Waals surface area contributed by atoms with E-state index in [-0.39, 0.29) is 5.82 Å². The van der Waals surface area contributed by atoms with E-state index in [9.17, 15) is 4.39 Å². The van der Waals surface area contributed by atoms with Gasteiger partial charge >= 0.3 is 0 Å². The van der Waals surface area contributed by atoms with Gasteiger partial charge in [-0.25, -0.2) is 9.37 Å². The summed E-state index contributed by atoms with van der Waals surface area (Å²) in [6, 6.07) is 4.40. The molecule has 0 spiro atoms. The molecule has 0 atom stereocenters. The fourth-order valence-corrected chi connectivity index (χ4v) is 2.27. The summed E-state index contributed by atoms with van der Waals surface area (Å²) in [5, 5.41) is 3.51. The van der Waals surface area contributed by atoms with Crippen LogP contribution in [0.2, 0.25) is 5.02 Å². The highest BCUT2D eigenvalue weighted by Crippen LogP contribution is 2.20. The van der Waals surface area contributed by atoms with Crippen LogP contribution in [0, 0.1) is 12.7 Å². The second-order valence-corrected chi connectivity index (χ2v) is 4.75. The molecule has 0 unspecified atom stereocenters. The Labute approximate surface area is 102 Å². The first-order valence-corrected chi connectivity index (χ1v) is 6.00. The van der Waals surface area contributed by atoms with Gasteiger partial charge < -0.3 is 5.32 Å². The van der Waals surface area contributed by atoms with Crippen LogP contribution in [-0.4, -0.2) is 4.98 Å². The first-order valence-electron chi connectivity index (χ1n) is 4.74. The van der Waals surface area contributed by atoms with Crippen LogP contribution in [0.4, 0.5) is 10.1 Å². The molecule has 2 aromatic rings. The van der Waals surface area contributed by atoms with Gasteiger partial charge in [0.25, 0.3) is 0 Å². The van der Waals surface area contributed by atoms with E-state index < -0.39 is 0 Å². The Kier molecular flexibility index (Phi) is 3.41. The summed E-state index contributed by atoms with van der Waals surface area (Å²) >= 11 is 7.33. The lowest BCUT2D eigenvalue weighted by Gasteiger charge is -2.06. The second-order valence-electron chi connectivity index (χ2n) is 3.37. The fourth-order valence-electron chi connectivity index (χ4n) is 1.33. The number of hydrogen-bond acceptors (Lipinski definition) is 3. The van der Waals surface area contributed by atoms with Gasteiger partial charge in [-0.15, -0.1) is 11.3 Å². The molecule has 0 bridgehead atoms. The Bertz CT molecular complexity index is 478. The first-order chi connectivity index (χ1) is 7.65. The van der Waals surface area contributed by atoms with Crippen molar-refractivity contribution >= 4 is 28.6 Å². The van der Waals surface area contributed by atoms with Crippen molar-refractivity contribution in [3.05, 3.63) is 45.1 Å². The number of aryl methyl sites for hydroxylation is 1. The molecule has 0 aliphatic carbocycles. The van der Waals surface area contributed by atoms with Crippen LogP contribution in [0.1, 0.15) is 10.6 Å². The van der Waals surface area contributed by atoms with Crippen molar-refractivity contribution in [2.75, 3.05) is 5.32 Å². The maximum atomic E-state index is 13.0. The van der Waals surface area contributed by atoms with Crippen molar-refractivity contribution < 1.29 is 4.39 Å². The highest BCUT2D eigenvalue weighted by atomic mass is 35.5. The van der Waals surface area contributed by atoms with E-state index in [1.807, 2.05) is 6.92 Å². The van der Waals surface area contributed by atoms with Crippen molar-refractivity contribution in [1.82, 2.24) is 4.98 Å². The summed E-state index contributed by atoms with van der Waals surface area (Å²) in [4.78, 5) is 5.28. The third kappa shape index (κ3) is 2.71. The highest BCUT2D eigenvalue weighted by molar-refractivity contribution is 7.09. The van der Waals surface area contributed by atoms with Gasteiger partial charge in [0.05, 0.1) is 17.7 Å². The van der Waals surface area contributed by atoms with Gasteiger partial charge in [0.1, 0.15) is 5.82 Å². The molecule has 0 saturated carbocycles. The Hall–Kier alpha value is -1.13. The molecule has 0 fully saturated rings. The van der Waals surface area contributed by atoms with E-state index >= 15 is 0 Å². The Balaban J connectivity index is 2.07. The molecule has 0 aliphatic heterocycles. The minimum absolute atomic E-state index is 0.337. The van der Waals surface area contributed by atoms with E-state index in [2.05, 4.69) is 10.3 Å². The van der Waals surface area contributed by atoms with Gasteiger partial charge in [0.2, 0.25) is 0 Å². The van der Waals surface area contributed by atoms with Crippen molar-refractivity contribution in [1.29, 1.82) is 0 Å². The van der Waals surface area contributed by atoms with Gasteiger partial charge in [0, 0.05) is 15.6 Å². The lowest BCUT2D eigenvalue weighted by Crippen LogP contribution is -1.99. The van der Waals surface area contributed by atoms with Crippen LogP contribution < -0.4 is 5.32 Å². The fraction of sp³-hybridized carbons (Fsp3) is 0.182. The van der Waals surface area contributed by atoms with Crippen LogP contribution in [0.15, 0.2) is 23.7 Å². The Morgan fingerprint density at radius 2 is 2.25 bits per heavy atom. The first kappa shape index (κ1) is 11.4. The van der Waals surface area contributed by atoms with Gasteiger partial charge in [-0.3, -0.25) is 0 Å². The molecule has 0 aliphatic rings. The highest BCUT2D eigenvalue weighted by Gasteiger charge is 2.02. The molecule has 2 nitrogen and oxygen atoms in total. The zero-order chi connectivity index (χ0) is 11.5. The molecule has 1 heterocycles. The topological polar surface area (TPSA) is 24.9 Å². The summed E-state index contributed by atoms with van der Waals surface area (Å²) in [6.07, 6.45) is 0. The average molecular weight is 257 g/mol. The normalized spacial score (nSPS) is 10.4. The van der Waals surface area contributed by atoms with Crippen LogP contribution in [0.5, 0.6) is 0 Å². The van der Waals surface area contributed by atoms with Gasteiger partial charge in [-0.05, 0) is 25.1 Å². The number of anilines is 1. The monoisotopic (exact) mass is 256 g/mol. The van der Waals surface area contributed by atoms with Crippen molar-refractivity contribution in [2.45, 2.75) is 13.5 Å². The molecule has 5 heteroatoms. The molecule has 1 aromatic heterocycles. The molecule has 16 heavy (non-hydrogen) atoms. The van der Waals surface area contributed by atoms with Crippen LogP contribution in [0.3, 0.4) is 0 Å². The second kappa shape index (κ2) is 4.80. The Morgan fingerprint density at radius 1 is 1.44 bits per heavy atom. The molecular formula is C11H10ClFN2S. The van der Waals surface area contributed by atoms with E-state index in [0.29, 0.717) is 17.3 Å². The lowest BCUT2D eigenvalue weighted by atomic mass is 10.3. The molecule has 1 N–H and O–H groups in total. The molecular weight excluding hydrogens is 247 g/mol. The number of thiazole rings is 1. The maximum absolute atomic E-state index is 13.0. The van der Waals surface area contributed by atoms with E-state index in [1.165, 1.54) is 12.1 Å². The predicted molar refractivity (Wildman–Crippen MR) is 65.6 cm³/mol. The zero-order valence-corrected chi connectivity index (χ0v) is 10.2. The standard InChI is InChI=1S/C11H10ClFN2S/c1-7-11(16-6-15-7)5-14-10-3-8(12)2-9(13)4-10/h2-4,6,14H,5H2,1H3. The summed E-state index contributed by atoms with van der Waals surface area (Å²) in [5.74, 6) is -0.337. The van der Waals surface area contributed by atoms with Crippen LogP contribution in [0.25, 0.3) is 0 Å². The maximum Gasteiger partial charge on any atom is 0.126 e. The summed E-state index contributed by atoms with van der Waals surface area (Å²) < 4.78 is 13.0. The van der Waals surface area contributed by atoms with Crippen LogP contribution >= 0.6 is 22.9 Å². The predicted octanol–water partition coefficient (Wildman–Crippen LogP) is 3.86. The van der Waals surface area contributed by atoms with Gasteiger partial charge in [0.15, 0.2) is 0 Å². The largest absolute Gasteiger partial charge is 0.380 e. The number of hydrogen-bond donors (Lipinski definition) is 1. The van der Waals surface area contributed by atoms with E-state index in [4.69, 9.17) is 11.6 Å². The van der Waals surface area contributed by atoms with Crippen LogP contribution in [-0.2, 0) is 6.54 Å². The third-order valence-electron chi connectivity index (χ3n) is 2.16. The Morgan fingerprint density at radius 3 is 2.88 bits per heavy atom. The number of benzene rings is 1. The average Bonchev–Trinajstić information content (AvgIpc) is 2.59. The minimum atomic E-state index is -0.337. The number of nitrogens with one attached hydrogen (secondary N) is 1. The summed E-state index contributed by atoms with van der Waals surface area (Å²) in [5.41, 5.74) is 3.48. The molecule has 0 amide bonds. The molecule has 1 aromatic carbocycles. The number of aromatic nitrogens is 1. The van der Waals surface area contributed by atoms with Crippen molar-refractivity contribution in [3.8, 4) is 0 Å². The minimum Gasteiger partial charge on any atom is -0.380 e. The number of rotatable bonds is 3. The zero-order valence-electron chi connectivity index (χ0n) is 8.63. The summed E-state index contributed by atoms with van der Waals surface area (Å²) in [6.45, 7) is 2.59. The third-order valence-corrected chi connectivity index (χ3v) is 3.31. The molecule has 84 valence electrons. The van der Waals surface area contributed by atoms with Gasteiger partial charge in [-0.2, -0.15) is 0 Å².